The Hall–Kier alpha value is -2.37. The molecule has 1 heterocycles. The van der Waals surface area contributed by atoms with Gasteiger partial charge in [0.2, 0.25) is 0 Å². The Balaban J connectivity index is 0.000000347. The van der Waals surface area contributed by atoms with Gasteiger partial charge < -0.3 is 15.0 Å². The Kier molecular flexibility index (Phi) is 6.22. The number of amides is 1. The molecule has 6 nitrogen and oxygen atoms in total. The van der Waals surface area contributed by atoms with E-state index in [0.717, 1.165) is 36.7 Å². The van der Waals surface area contributed by atoms with Crippen molar-refractivity contribution in [3.8, 4) is 0 Å². The number of hydrogen-bond donors (Lipinski definition) is 2. The van der Waals surface area contributed by atoms with Crippen LogP contribution in [-0.2, 0) is 6.54 Å². The number of aryl methyl sites for hydroxylation is 1. The average molecular weight is 277 g/mol. The SMILES string of the molecule is CCCCn1c(C=O)nc2ccccc21.CNC(=O)O. The van der Waals surface area contributed by atoms with Crippen molar-refractivity contribution >= 4 is 23.4 Å². The van der Waals surface area contributed by atoms with Gasteiger partial charge in [-0.05, 0) is 18.6 Å². The van der Waals surface area contributed by atoms with Gasteiger partial charge in [-0.1, -0.05) is 25.5 Å². The molecule has 2 N–H and O–H groups in total. The van der Waals surface area contributed by atoms with E-state index in [1.54, 1.807) is 0 Å². The molecule has 0 aliphatic heterocycles. The molecule has 0 saturated heterocycles. The summed E-state index contributed by atoms with van der Waals surface area (Å²) >= 11 is 0. The Bertz CT molecular complexity index is 578. The predicted octanol–water partition coefficient (Wildman–Crippen LogP) is 2.53. The van der Waals surface area contributed by atoms with Crippen LogP contribution in [0.4, 0.5) is 4.79 Å². The third kappa shape index (κ3) is 4.08. The number of benzene rings is 1. The molecule has 1 aromatic carbocycles. The number of nitrogens with zero attached hydrogens (tertiary/aromatic N) is 2. The Morgan fingerprint density at radius 1 is 1.45 bits per heavy atom. The van der Waals surface area contributed by atoms with Gasteiger partial charge in [-0.25, -0.2) is 9.78 Å². The second-order valence-electron chi connectivity index (χ2n) is 4.14. The molecule has 0 unspecified atom stereocenters. The maximum Gasteiger partial charge on any atom is 0.404 e. The molecule has 2 rings (SSSR count). The van der Waals surface area contributed by atoms with E-state index < -0.39 is 6.09 Å². The van der Waals surface area contributed by atoms with Gasteiger partial charge in [0.15, 0.2) is 12.1 Å². The van der Waals surface area contributed by atoms with Gasteiger partial charge >= 0.3 is 6.09 Å². The molecule has 20 heavy (non-hydrogen) atoms. The lowest BCUT2D eigenvalue weighted by atomic mass is 10.3. The minimum atomic E-state index is -0.995. The lowest BCUT2D eigenvalue weighted by molar-refractivity contribution is 0.111. The fourth-order valence-electron chi connectivity index (χ4n) is 1.74. The number of rotatable bonds is 4. The van der Waals surface area contributed by atoms with E-state index in [0.29, 0.717) is 5.82 Å². The summed E-state index contributed by atoms with van der Waals surface area (Å²) in [6.45, 7) is 3.00. The van der Waals surface area contributed by atoms with Crippen molar-refractivity contribution in [2.24, 2.45) is 0 Å². The smallest absolute Gasteiger partial charge is 0.404 e. The molecule has 0 aliphatic rings. The van der Waals surface area contributed by atoms with Crippen LogP contribution in [0.1, 0.15) is 30.4 Å². The molecule has 0 spiro atoms. The molecular weight excluding hydrogens is 258 g/mol. The number of carbonyl (C=O) groups is 2. The fraction of sp³-hybridized carbons (Fsp3) is 0.357. The van der Waals surface area contributed by atoms with Gasteiger partial charge in [0.05, 0.1) is 11.0 Å². The first kappa shape index (κ1) is 15.7. The van der Waals surface area contributed by atoms with Crippen molar-refractivity contribution in [2.75, 3.05) is 7.05 Å². The lowest BCUT2D eigenvalue weighted by Gasteiger charge is -2.03. The van der Waals surface area contributed by atoms with Crippen LogP contribution in [0.15, 0.2) is 24.3 Å². The molecule has 0 radical (unpaired) electrons. The van der Waals surface area contributed by atoms with Gasteiger partial charge in [0.1, 0.15) is 0 Å². The van der Waals surface area contributed by atoms with Crippen LogP contribution in [0.5, 0.6) is 0 Å². The summed E-state index contributed by atoms with van der Waals surface area (Å²) in [6.07, 6.45) is 2.02. The standard InChI is InChI=1S/C12H14N2O.C2H5NO2/c1-2-3-8-14-11-7-5-4-6-10(11)13-12(14)9-15;1-3-2(4)5/h4-7,9H,2-3,8H2,1H3;3H,1H3,(H,4,5). The summed E-state index contributed by atoms with van der Waals surface area (Å²) in [6, 6.07) is 7.85. The van der Waals surface area contributed by atoms with Crippen LogP contribution in [0.3, 0.4) is 0 Å². The average Bonchev–Trinajstić information content (AvgIpc) is 2.83. The van der Waals surface area contributed by atoms with Crippen molar-refractivity contribution < 1.29 is 14.7 Å². The maximum atomic E-state index is 10.9. The first-order chi connectivity index (χ1) is 9.63. The first-order valence-electron chi connectivity index (χ1n) is 6.45. The van der Waals surface area contributed by atoms with Crippen LogP contribution in [0.2, 0.25) is 0 Å². The van der Waals surface area contributed by atoms with Crippen molar-refractivity contribution in [1.82, 2.24) is 14.9 Å². The zero-order chi connectivity index (χ0) is 15.0. The highest BCUT2D eigenvalue weighted by Crippen LogP contribution is 2.15. The second-order valence-corrected chi connectivity index (χ2v) is 4.14. The Morgan fingerprint density at radius 3 is 2.65 bits per heavy atom. The van der Waals surface area contributed by atoms with Gasteiger partial charge in [-0.15, -0.1) is 0 Å². The molecule has 2 aromatic rings. The van der Waals surface area contributed by atoms with E-state index in [1.165, 1.54) is 7.05 Å². The minimum Gasteiger partial charge on any atom is -0.465 e. The third-order valence-electron chi connectivity index (χ3n) is 2.74. The van der Waals surface area contributed by atoms with E-state index in [4.69, 9.17) is 5.11 Å². The van der Waals surface area contributed by atoms with Crippen LogP contribution < -0.4 is 5.32 Å². The number of carbonyl (C=O) groups excluding carboxylic acids is 1. The highest BCUT2D eigenvalue weighted by atomic mass is 16.4. The number of carboxylic acid groups (broad SMARTS) is 1. The number of fused-ring (bicyclic) bond motifs is 1. The van der Waals surface area contributed by atoms with E-state index >= 15 is 0 Å². The van der Waals surface area contributed by atoms with E-state index in [1.807, 2.05) is 34.1 Å². The van der Waals surface area contributed by atoms with Gasteiger partial charge in [0.25, 0.3) is 0 Å². The van der Waals surface area contributed by atoms with Crippen LogP contribution in [-0.4, -0.2) is 34.1 Å². The van der Waals surface area contributed by atoms with E-state index in [-0.39, 0.29) is 0 Å². The Labute approximate surface area is 117 Å². The van der Waals surface area contributed by atoms with Gasteiger partial charge in [-0.3, -0.25) is 4.79 Å². The maximum absolute atomic E-state index is 10.9. The molecule has 108 valence electrons. The Morgan fingerprint density at radius 2 is 2.10 bits per heavy atom. The zero-order valence-corrected chi connectivity index (χ0v) is 11.7. The normalized spacial score (nSPS) is 9.70. The van der Waals surface area contributed by atoms with Gasteiger partial charge in [-0.2, -0.15) is 0 Å². The quantitative estimate of drug-likeness (QED) is 0.841. The monoisotopic (exact) mass is 277 g/mol. The third-order valence-corrected chi connectivity index (χ3v) is 2.74. The number of para-hydroxylation sites is 2. The van der Waals surface area contributed by atoms with Crippen molar-refractivity contribution in [3.63, 3.8) is 0 Å². The fourth-order valence-corrected chi connectivity index (χ4v) is 1.74. The summed E-state index contributed by atoms with van der Waals surface area (Å²) in [7, 11) is 1.35. The van der Waals surface area contributed by atoms with Crippen LogP contribution >= 0.6 is 0 Å². The molecule has 0 atom stereocenters. The van der Waals surface area contributed by atoms with E-state index in [9.17, 15) is 9.59 Å². The van der Waals surface area contributed by atoms with Gasteiger partial charge in [0, 0.05) is 13.6 Å². The topological polar surface area (TPSA) is 84.2 Å². The summed E-state index contributed by atoms with van der Waals surface area (Å²) in [5.74, 6) is 0.532. The molecule has 0 bridgehead atoms. The first-order valence-corrected chi connectivity index (χ1v) is 6.45. The van der Waals surface area contributed by atoms with Crippen molar-refractivity contribution in [3.05, 3.63) is 30.1 Å². The lowest BCUT2D eigenvalue weighted by Crippen LogP contribution is -2.13. The summed E-state index contributed by atoms with van der Waals surface area (Å²) in [4.78, 5) is 24.4. The molecular formula is C14H19N3O3. The molecule has 0 aliphatic carbocycles. The van der Waals surface area contributed by atoms with E-state index in [2.05, 4.69) is 11.9 Å². The molecule has 0 fully saturated rings. The van der Waals surface area contributed by atoms with Crippen molar-refractivity contribution in [2.45, 2.75) is 26.3 Å². The highest BCUT2D eigenvalue weighted by molar-refractivity contribution is 5.82. The molecule has 1 aromatic heterocycles. The molecule has 6 heteroatoms. The second kappa shape index (κ2) is 7.93. The predicted molar refractivity (Wildman–Crippen MR) is 77.1 cm³/mol. The van der Waals surface area contributed by atoms with Crippen LogP contribution in [0, 0.1) is 0 Å². The summed E-state index contributed by atoms with van der Waals surface area (Å²) < 4.78 is 1.99. The number of aldehydes is 1. The summed E-state index contributed by atoms with van der Waals surface area (Å²) in [5.41, 5.74) is 1.95. The van der Waals surface area contributed by atoms with Crippen molar-refractivity contribution in [1.29, 1.82) is 0 Å². The largest absolute Gasteiger partial charge is 0.465 e. The number of unbranched alkanes of at least 4 members (excludes halogenated alkanes) is 1. The number of aromatic nitrogens is 2. The molecule has 0 saturated carbocycles. The highest BCUT2D eigenvalue weighted by Gasteiger charge is 2.07. The number of nitrogens with one attached hydrogen (secondary N) is 1. The number of hydrogen-bond acceptors (Lipinski definition) is 3. The summed E-state index contributed by atoms with van der Waals surface area (Å²) in [5, 5.41) is 9.56. The molecule has 1 amide bonds. The number of imidazole rings is 1. The zero-order valence-electron chi connectivity index (χ0n) is 11.7. The minimum absolute atomic E-state index is 0.532. The van der Waals surface area contributed by atoms with Crippen LogP contribution in [0.25, 0.3) is 11.0 Å².